The molecular formula is C17H16N4. The van der Waals surface area contributed by atoms with E-state index in [1.807, 2.05) is 30.3 Å². The van der Waals surface area contributed by atoms with E-state index in [9.17, 15) is 0 Å². The van der Waals surface area contributed by atoms with Gasteiger partial charge < -0.3 is 5.73 Å². The van der Waals surface area contributed by atoms with E-state index in [-0.39, 0.29) is 5.95 Å². The lowest BCUT2D eigenvalue weighted by atomic mass is 10.1. The summed E-state index contributed by atoms with van der Waals surface area (Å²) in [5.41, 5.74) is 9.15. The molecule has 0 saturated heterocycles. The van der Waals surface area contributed by atoms with Crippen LogP contribution in [0, 0.1) is 6.92 Å². The third-order valence-electron chi connectivity index (χ3n) is 3.21. The van der Waals surface area contributed by atoms with Crippen molar-refractivity contribution in [1.29, 1.82) is 0 Å². The van der Waals surface area contributed by atoms with Crippen molar-refractivity contribution < 1.29 is 0 Å². The molecule has 0 amide bonds. The maximum Gasteiger partial charge on any atom is 0.223 e. The Morgan fingerprint density at radius 3 is 2.29 bits per heavy atom. The van der Waals surface area contributed by atoms with Gasteiger partial charge in [0.25, 0.3) is 0 Å². The van der Waals surface area contributed by atoms with Gasteiger partial charge in [0.1, 0.15) is 5.82 Å². The molecule has 0 atom stereocenters. The van der Waals surface area contributed by atoms with E-state index in [4.69, 9.17) is 5.73 Å². The molecule has 0 unspecified atom stereocenters. The maximum absolute atomic E-state index is 5.81. The number of hydrogen-bond donors (Lipinski definition) is 1. The van der Waals surface area contributed by atoms with Crippen LogP contribution in [0.3, 0.4) is 0 Å². The molecule has 21 heavy (non-hydrogen) atoms. The van der Waals surface area contributed by atoms with Gasteiger partial charge in [-0.05, 0) is 12.5 Å². The average molecular weight is 276 g/mol. The third kappa shape index (κ3) is 3.23. The predicted molar refractivity (Wildman–Crippen MR) is 83.7 cm³/mol. The summed E-state index contributed by atoms with van der Waals surface area (Å²) in [7, 11) is 0. The van der Waals surface area contributed by atoms with Crippen LogP contribution in [0.15, 0.2) is 54.6 Å². The van der Waals surface area contributed by atoms with Crippen molar-refractivity contribution in [2.75, 3.05) is 5.73 Å². The van der Waals surface area contributed by atoms with Crippen molar-refractivity contribution in [3.05, 3.63) is 71.5 Å². The number of nitrogens with zero attached hydrogens (tertiary/aromatic N) is 3. The summed E-state index contributed by atoms with van der Waals surface area (Å²) in [4.78, 5) is 13.0. The standard InChI is InChI=1S/C17H16N4/c1-12-7-9-13(10-8-12)11-15-19-16(21-17(18)20-15)14-5-3-2-4-6-14/h2-10H,11H2,1H3,(H2,18,19,20,21). The van der Waals surface area contributed by atoms with Crippen molar-refractivity contribution in [3.8, 4) is 11.4 Å². The Hall–Kier alpha value is -2.75. The highest BCUT2D eigenvalue weighted by molar-refractivity contribution is 5.55. The van der Waals surface area contributed by atoms with Gasteiger partial charge in [0.2, 0.25) is 5.95 Å². The summed E-state index contributed by atoms with van der Waals surface area (Å²) in [6.45, 7) is 2.07. The molecule has 3 aromatic rings. The van der Waals surface area contributed by atoms with E-state index in [2.05, 4.69) is 46.1 Å². The fourth-order valence-corrected chi connectivity index (χ4v) is 2.12. The first-order chi connectivity index (χ1) is 10.2. The van der Waals surface area contributed by atoms with Crippen LogP contribution in [0.2, 0.25) is 0 Å². The largest absolute Gasteiger partial charge is 0.368 e. The van der Waals surface area contributed by atoms with Crippen LogP contribution in [0.25, 0.3) is 11.4 Å². The predicted octanol–water partition coefficient (Wildman–Crippen LogP) is 3.02. The van der Waals surface area contributed by atoms with Crippen molar-refractivity contribution in [2.24, 2.45) is 0 Å². The fourth-order valence-electron chi connectivity index (χ4n) is 2.12. The summed E-state index contributed by atoms with van der Waals surface area (Å²) in [5, 5.41) is 0. The SMILES string of the molecule is Cc1ccc(Cc2nc(N)nc(-c3ccccc3)n2)cc1. The molecule has 0 saturated carbocycles. The van der Waals surface area contributed by atoms with Crippen LogP contribution >= 0.6 is 0 Å². The van der Waals surface area contributed by atoms with Gasteiger partial charge in [-0.25, -0.2) is 4.98 Å². The molecule has 1 aromatic heterocycles. The Kier molecular flexibility index (Phi) is 3.60. The number of hydrogen-bond acceptors (Lipinski definition) is 4. The molecule has 4 heteroatoms. The molecule has 0 bridgehead atoms. The Bertz CT molecular complexity index is 736. The highest BCUT2D eigenvalue weighted by Crippen LogP contribution is 2.16. The lowest BCUT2D eigenvalue weighted by Crippen LogP contribution is -2.05. The fraction of sp³-hybridized carbons (Fsp3) is 0.118. The topological polar surface area (TPSA) is 64.7 Å². The molecule has 0 radical (unpaired) electrons. The number of anilines is 1. The summed E-state index contributed by atoms with van der Waals surface area (Å²) < 4.78 is 0. The normalized spacial score (nSPS) is 10.5. The highest BCUT2D eigenvalue weighted by Gasteiger charge is 2.07. The van der Waals surface area contributed by atoms with Gasteiger partial charge in [0, 0.05) is 12.0 Å². The van der Waals surface area contributed by atoms with Gasteiger partial charge in [0.15, 0.2) is 5.82 Å². The molecule has 3 rings (SSSR count). The zero-order valence-electron chi connectivity index (χ0n) is 11.8. The first kappa shape index (κ1) is 13.2. The Labute approximate surface area is 123 Å². The van der Waals surface area contributed by atoms with E-state index in [1.165, 1.54) is 5.56 Å². The lowest BCUT2D eigenvalue weighted by Gasteiger charge is -2.05. The van der Waals surface area contributed by atoms with Crippen molar-refractivity contribution >= 4 is 5.95 Å². The smallest absolute Gasteiger partial charge is 0.223 e. The number of nitrogen functional groups attached to an aromatic ring is 1. The zero-order chi connectivity index (χ0) is 14.7. The van der Waals surface area contributed by atoms with Crippen LogP contribution in [0.4, 0.5) is 5.95 Å². The second-order valence-corrected chi connectivity index (χ2v) is 4.96. The first-order valence-electron chi connectivity index (χ1n) is 6.82. The monoisotopic (exact) mass is 276 g/mol. The van der Waals surface area contributed by atoms with Crippen molar-refractivity contribution in [2.45, 2.75) is 13.3 Å². The molecule has 0 aliphatic carbocycles. The number of benzene rings is 2. The molecule has 0 aliphatic rings. The lowest BCUT2D eigenvalue weighted by molar-refractivity contribution is 0.935. The second-order valence-electron chi connectivity index (χ2n) is 4.96. The second kappa shape index (κ2) is 5.71. The summed E-state index contributed by atoms with van der Waals surface area (Å²) in [6.07, 6.45) is 0.646. The Balaban J connectivity index is 1.93. The summed E-state index contributed by atoms with van der Waals surface area (Å²) in [6, 6.07) is 18.1. The summed E-state index contributed by atoms with van der Waals surface area (Å²) in [5.74, 6) is 1.56. The highest BCUT2D eigenvalue weighted by atomic mass is 15.1. The Morgan fingerprint density at radius 1 is 0.857 bits per heavy atom. The minimum atomic E-state index is 0.256. The van der Waals surface area contributed by atoms with Crippen LogP contribution in [-0.2, 0) is 6.42 Å². The van der Waals surface area contributed by atoms with E-state index in [1.54, 1.807) is 0 Å². The van der Waals surface area contributed by atoms with Gasteiger partial charge in [-0.1, -0.05) is 60.2 Å². The molecule has 0 spiro atoms. The molecular weight excluding hydrogens is 260 g/mol. The molecule has 2 aromatic carbocycles. The van der Waals surface area contributed by atoms with Gasteiger partial charge in [-0.15, -0.1) is 0 Å². The molecule has 4 nitrogen and oxygen atoms in total. The molecule has 104 valence electrons. The molecule has 1 heterocycles. The van der Waals surface area contributed by atoms with Crippen molar-refractivity contribution in [1.82, 2.24) is 15.0 Å². The molecule has 2 N–H and O–H groups in total. The number of rotatable bonds is 3. The van der Waals surface area contributed by atoms with Gasteiger partial charge in [-0.2, -0.15) is 9.97 Å². The minimum absolute atomic E-state index is 0.256. The van der Waals surface area contributed by atoms with Crippen LogP contribution in [0.1, 0.15) is 17.0 Å². The van der Waals surface area contributed by atoms with E-state index in [0.717, 1.165) is 11.1 Å². The van der Waals surface area contributed by atoms with Crippen LogP contribution < -0.4 is 5.73 Å². The number of aromatic nitrogens is 3. The van der Waals surface area contributed by atoms with Crippen LogP contribution in [-0.4, -0.2) is 15.0 Å². The Morgan fingerprint density at radius 2 is 1.57 bits per heavy atom. The quantitative estimate of drug-likeness (QED) is 0.798. The van der Waals surface area contributed by atoms with Crippen molar-refractivity contribution in [3.63, 3.8) is 0 Å². The zero-order valence-corrected chi connectivity index (χ0v) is 11.8. The average Bonchev–Trinajstić information content (AvgIpc) is 2.50. The van der Waals surface area contributed by atoms with E-state index in [0.29, 0.717) is 18.1 Å². The third-order valence-corrected chi connectivity index (χ3v) is 3.21. The van der Waals surface area contributed by atoms with Gasteiger partial charge >= 0.3 is 0 Å². The van der Waals surface area contributed by atoms with Gasteiger partial charge in [0.05, 0.1) is 0 Å². The van der Waals surface area contributed by atoms with E-state index >= 15 is 0 Å². The molecule has 0 fully saturated rings. The van der Waals surface area contributed by atoms with Crippen LogP contribution in [0.5, 0.6) is 0 Å². The first-order valence-corrected chi connectivity index (χ1v) is 6.82. The number of nitrogens with two attached hydrogens (primary N) is 1. The van der Waals surface area contributed by atoms with Gasteiger partial charge in [-0.3, -0.25) is 0 Å². The minimum Gasteiger partial charge on any atom is -0.368 e. The maximum atomic E-state index is 5.81. The van der Waals surface area contributed by atoms with E-state index < -0.39 is 0 Å². The summed E-state index contributed by atoms with van der Waals surface area (Å²) >= 11 is 0. The molecule has 0 aliphatic heterocycles. The number of aryl methyl sites for hydroxylation is 1.